The number of carbonyl (C=O) groups excluding carboxylic acids is 3. The lowest BCUT2D eigenvalue weighted by atomic mass is 10.0. The van der Waals surface area contributed by atoms with E-state index in [2.05, 4.69) is 69.4 Å². The maximum Gasteiger partial charge on any atom is 0.306 e. The van der Waals surface area contributed by atoms with Crippen LogP contribution in [0.4, 0.5) is 0 Å². The molecule has 0 aliphatic carbocycles. The highest BCUT2D eigenvalue weighted by Crippen LogP contribution is 2.17. The van der Waals surface area contributed by atoms with Gasteiger partial charge in [0.05, 0.1) is 0 Å². The lowest BCUT2D eigenvalue weighted by molar-refractivity contribution is -0.167. The molecule has 396 valence electrons. The largest absolute Gasteiger partial charge is 0.462 e. The molecule has 0 bridgehead atoms. The van der Waals surface area contributed by atoms with E-state index in [1.807, 2.05) is 0 Å². The monoisotopic (exact) mass is 953 g/mol. The van der Waals surface area contributed by atoms with Gasteiger partial charge in [0.25, 0.3) is 0 Å². The highest BCUT2D eigenvalue weighted by atomic mass is 16.6. The van der Waals surface area contributed by atoms with E-state index in [4.69, 9.17) is 14.2 Å². The number of allylic oxidation sites excluding steroid dienone is 8. The Balaban J connectivity index is 3.91. The minimum atomic E-state index is -0.770. The predicted octanol–water partition coefficient (Wildman–Crippen LogP) is 19.8. The van der Waals surface area contributed by atoms with E-state index < -0.39 is 6.10 Å². The summed E-state index contributed by atoms with van der Waals surface area (Å²) in [4.78, 5) is 37.8. The summed E-state index contributed by atoms with van der Waals surface area (Å²) in [5.74, 6) is -0.881. The van der Waals surface area contributed by atoms with Gasteiger partial charge in [0, 0.05) is 19.3 Å². The molecular weight excluding hydrogens is 841 g/mol. The van der Waals surface area contributed by atoms with Gasteiger partial charge in [-0.3, -0.25) is 14.4 Å². The van der Waals surface area contributed by atoms with Gasteiger partial charge in [-0.1, -0.05) is 262 Å². The Morgan fingerprint density at radius 3 is 0.897 bits per heavy atom. The summed E-state index contributed by atoms with van der Waals surface area (Å²) in [7, 11) is 0. The molecule has 0 aromatic rings. The molecule has 6 nitrogen and oxygen atoms in total. The summed E-state index contributed by atoms with van der Waals surface area (Å²) in [5, 5.41) is 0. The molecule has 0 aromatic carbocycles. The first kappa shape index (κ1) is 65.4. The van der Waals surface area contributed by atoms with Crippen molar-refractivity contribution >= 4 is 17.9 Å². The lowest BCUT2D eigenvalue weighted by Crippen LogP contribution is -2.30. The molecule has 0 saturated carbocycles. The van der Waals surface area contributed by atoms with Gasteiger partial charge in [0.15, 0.2) is 6.10 Å². The van der Waals surface area contributed by atoms with Gasteiger partial charge >= 0.3 is 17.9 Å². The molecule has 0 aromatic heterocycles. The van der Waals surface area contributed by atoms with E-state index in [1.54, 1.807) is 0 Å². The van der Waals surface area contributed by atoms with Crippen molar-refractivity contribution in [2.45, 2.75) is 316 Å². The summed E-state index contributed by atoms with van der Waals surface area (Å²) in [5.41, 5.74) is 0. The van der Waals surface area contributed by atoms with E-state index in [9.17, 15) is 14.4 Å². The van der Waals surface area contributed by atoms with Gasteiger partial charge in [0.1, 0.15) is 13.2 Å². The fraction of sp³-hybridized carbons (Fsp3) is 0.823. The third kappa shape index (κ3) is 54.3. The van der Waals surface area contributed by atoms with Gasteiger partial charge in [-0.15, -0.1) is 0 Å². The van der Waals surface area contributed by atoms with Gasteiger partial charge in [-0.2, -0.15) is 0 Å². The Labute approximate surface area is 422 Å². The van der Waals surface area contributed by atoms with Crippen molar-refractivity contribution in [1.29, 1.82) is 0 Å². The average molecular weight is 954 g/mol. The first-order chi connectivity index (χ1) is 33.5. The van der Waals surface area contributed by atoms with Crippen molar-refractivity contribution < 1.29 is 28.6 Å². The predicted molar refractivity (Wildman–Crippen MR) is 293 cm³/mol. The van der Waals surface area contributed by atoms with Gasteiger partial charge in [-0.05, 0) is 77.0 Å². The van der Waals surface area contributed by atoms with Crippen molar-refractivity contribution in [2.75, 3.05) is 13.2 Å². The van der Waals surface area contributed by atoms with Crippen molar-refractivity contribution in [3.8, 4) is 0 Å². The van der Waals surface area contributed by atoms with Crippen molar-refractivity contribution in [1.82, 2.24) is 0 Å². The van der Waals surface area contributed by atoms with E-state index in [1.165, 1.54) is 180 Å². The molecule has 0 aliphatic rings. The van der Waals surface area contributed by atoms with E-state index in [0.717, 1.165) is 89.9 Å². The zero-order chi connectivity index (χ0) is 49.3. The van der Waals surface area contributed by atoms with Crippen LogP contribution in [0.15, 0.2) is 48.6 Å². The van der Waals surface area contributed by atoms with E-state index in [0.29, 0.717) is 19.3 Å². The first-order valence-corrected chi connectivity index (χ1v) is 29.6. The fourth-order valence-corrected chi connectivity index (χ4v) is 8.57. The minimum absolute atomic E-state index is 0.0730. The molecule has 0 aliphatic heterocycles. The third-order valence-corrected chi connectivity index (χ3v) is 13.0. The quantitative estimate of drug-likeness (QED) is 0.0262. The SMILES string of the molecule is CCC/C=C\CCCCCCCC(=O)OC(COC(=O)CCCCCCCCC)COC(=O)CCCCCCCCCCCCCCCCCCCC/C=C\C/C=C\C/C=C\CCCCCCC. The van der Waals surface area contributed by atoms with Crippen LogP contribution in [0.5, 0.6) is 0 Å². The summed E-state index contributed by atoms with van der Waals surface area (Å²) in [6, 6.07) is 0. The third-order valence-electron chi connectivity index (χ3n) is 13.0. The fourth-order valence-electron chi connectivity index (χ4n) is 8.57. The number of unbranched alkanes of at least 4 members (excludes halogenated alkanes) is 35. The minimum Gasteiger partial charge on any atom is -0.462 e. The summed E-state index contributed by atoms with van der Waals surface area (Å²) in [6.45, 7) is 6.54. The Morgan fingerprint density at radius 2 is 0.559 bits per heavy atom. The molecule has 0 amide bonds. The van der Waals surface area contributed by atoms with Crippen LogP contribution in [-0.2, 0) is 28.6 Å². The molecule has 0 heterocycles. The standard InChI is InChI=1S/C62H112O6/c1-4-7-10-13-16-18-20-21-22-23-24-25-26-27-28-29-30-31-32-33-34-35-36-37-38-39-40-41-42-44-46-49-52-55-61(64)67-58-59(57-66-60(63)54-51-48-45-15-12-9-6-3)68-62(65)56-53-50-47-43-19-17-14-11-8-5-2/h11,14,20-21,23-24,26-27,59H,4-10,12-13,15-19,22,25,28-58H2,1-3H3/b14-11-,21-20-,24-23-,27-26-. The van der Waals surface area contributed by atoms with E-state index in [-0.39, 0.29) is 31.1 Å². The summed E-state index contributed by atoms with van der Waals surface area (Å²) in [6.07, 6.45) is 70.2. The van der Waals surface area contributed by atoms with Crippen LogP contribution in [0.2, 0.25) is 0 Å². The molecule has 1 atom stereocenters. The van der Waals surface area contributed by atoms with Crippen LogP contribution >= 0.6 is 0 Å². The van der Waals surface area contributed by atoms with Crippen molar-refractivity contribution in [3.63, 3.8) is 0 Å². The van der Waals surface area contributed by atoms with Crippen LogP contribution in [0.25, 0.3) is 0 Å². The van der Waals surface area contributed by atoms with Crippen LogP contribution in [0.1, 0.15) is 310 Å². The molecule has 0 N–H and O–H groups in total. The Kier molecular flexibility index (Phi) is 54.8. The number of hydrogen-bond donors (Lipinski definition) is 0. The maximum absolute atomic E-state index is 12.7. The Hall–Kier alpha value is -2.63. The highest BCUT2D eigenvalue weighted by molar-refractivity contribution is 5.71. The van der Waals surface area contributed by atoms with Crippen LogP contribution in [0.3, 0.4) is 0 Å². The van der Waals surface area contributed by atoms with Crippen molar-refractivity contribution in [2.24, 2.45) is 0 Å². The van der Waals surface area contributed by atoms with Crippen LogP contribution < -0.4 is 0 Å². The number of esters is 3. The smallest absolute Gasteiger partial charge is 0.306 e. The van der Waals surface area contributed by atoms with Crippen LogP contribution in [-0.4, -0.2) is 37.2 Å². The number of ether oxygens (including phenoxy) is 3. The molecule has 0 spiro atoms. The lowest BCUT2D eigenvalue weighted by Gasteiger charge is -2.18. The summed E-state index contributed by atoms with van der Waals surface area (Å²) < 4.78 is 16.7. The second-order valence-electron chi connectivity index (χ2n) is 19.9. The molecule has 0 radical (unpaired) electrons. The zero-order valence-electron chi connectivity index (χ0n) is 45.4. The first-order valence-electron chi connectivity index (χ1n) is 29.6. The number of carbonyl (C=O) groups is 3. The molecule has 68 heavy (non-hydrogen) atoms. The molecule has 0 saturated heterocycles. The normalized spacial score (nSPS) is 12.3. The maximum atomic E-state index is 12.7. The molecular formula is C62H112O6. The van der Waals surface area contributed by atoms with Crippen LogP contribution in [0, 0.1) is 0 Å². The Morgan fingerprint density at radius 1 is 0.294 bits per heavy atom. The Bertz CT molecular complexity index is 1190. The number of rotatable bonds is 54. The van der Waals surface area contributed by atoms with Crippen molar-refractivity contribution in [3.05, 3.63) is 48.6 Å². The molecule has 0 rings (SSSR count). The molecule has 1 unspecified atom stereocenters. The molecule has 0 fully saturated rings. The second-order valence-corrected chi connectivity index (χ2v) is 19.9. The number of hydrogen-bond acceptors (Lipinski definition) is 6. The van der Waals surface area contributed by atoms with Gasteiger partial charge in [-0.25, -0.2) is 0 Å². The van der Waals surface area contributed by atoms with Gasteiger partial charge in [0.2, 0.25) is 0 Å². The average Bonchev–Trinajstić information content (AvgIpc) is 3.34. The summed E-state index contributed by atoms with van der Waals surface area (Å²) >= 11 is 0. The molecule has 6 heteroatoms. The highest BCUT2D eigenvalue weighted by Gasteiger charge is 2.19. The van der Waals surface area contributed by atoms with Gasteiger partial charge < -0.3 is 14.2 Å². The zero-order valence-corrected chi connectivity index (χ0v) is 45.4. The second kappa shape index (κ2) is 57.0. The topological polar surface area (TPSA) is 78.9 Å². The van der Waals surface area contributed by atoms with E-state index >= 15 is 0 Å².